The summed E-state index contributed by atoms with van der Waals surface area (Å²) in [5, 5.41) is 5.96. The van der Waals surface area contributed by atoms with E-state index in [1.54, 1.807) is 4.90 Å². The van der Waals surface area contributed by atoms with Crippen LogP contribution >= 0.6 is 0 Å². The van der Waals surface area contributed by atoms with E-state index in [0.717, 1.165) is 19.4 Å². The third-order valence-electron chi connectivity index (χ3n) is 2.98. The van der Waals surface area contributed by atoms with Crippen LogP contribution in [0.4, 0.5) is 0 Å². The van der Waals surface area contributed by atoms with Crippen molar-refractivity contribution in [2.45, 2.75) is 25.3 Å². The third kappa shape index (κ3) is 2.47. The first-order chi connectivity index (χ1) is 7.27. The van der Waals surface area contributed by atoms with Gasteiger partial charge in [-0.05, 0) is 19.4 Å². The predicted octanol–water partition coefficient (Wildman–Crippen LogP) is -0.913. The zero-order chi connectivity index (χ0) is 10.7. The molecule has 2 amide bonds. The number of nitrogens with zero attached hydrogens (tertiary/aromatic N) is 1. The van der Waals surface area contributed by atoms with Gasteiger partial charge >= 0.3 is 0 Å². The summed E-state index contributed by atoms with van der Waals surface area (Å²) in [5.74, 6) is 0.202. The van der Waals surface area contributed by atoms with Gasteiger partial charge in [0, 0.05) is 26.1 Å². The Kier molecular flexibility index (Phi) is 3.20. The second-order valence-electron chi connectivity index (χ2n) is 4.07. The highest BCUT2D eigenvalue weighted by atomic mass is 16.2. The topological polar surface area (TPSA) is 61.4 Å². The van der Waals surface area contributed by atoms with Crippen LogP contribution in [0.5, 0.6) is 0 Å². The van der Waals surface area contributed by atoms with Crippen molar-refractivity contribution in [3.63, 3.8) is 0 Å². The Hall–Kier alpha value is -1.10. The van der Waals surface area contributed by atoms with Crippen molar-refractivity contribution < 1.29 is 9.59 Å². The van der Waals surface area contributed by atoms with Crippen molar-refractivity contribution in [1.29, 1.82) is 0 Å². The zero-order valence-electron chi connectivity index (χ0n) is 8.79. The maximum absolute atomic E-state index is 12.0. The lowest BCUT2D eigenvalue weighted by Crippen LogP contribution is -2.44. The molecule has 0 saturated carbocycles. The molecule has 2 N–H and O–H groups in total. The summed E-state index contributed by atoms with van der Waals surface area (Å²) in [4.78, 5) is 24.9. The SMILES string of the molecule is O=C1CCN(C(=O)[C@@H]2CCCN2)CCN1. The average molecular weight is 211 g/mol. The molecule has 0 aromatic heterocycles. The van der Waals surface area contributed by atoms with E-state index in [-0.39, 0.29) is 17.9 Å². The number of hydrogen-bond acceptors (Lipinski definition) is 3. The number of carbonyl (C=O) groups excluding carboxylic acids is 2. The quantitative estimate of drug-likeness (QED) is 0.590. The second-order valence-corrected chi connectivity index (χ2v) is 4.07. The van der Waals surface area contributed by atoms with Gasteiger partial charge in [0.2, 0.25) is 11.8 Å². The van der Waals surface area contributed by atoms with Crippen LogP contribution in [0.1, 0.15) is 19.3 Å². The maximum atomic E-state index is 12.0. The Morgan fingerprint density at radius 3 is 2.93 bits per heavy atom. The van der Waals surface area contributed by atoms with Crippen LogP contribution in [-0.4, -0.2) is 48.9 Å². The van der Waals surface area contributed by atoms with Crippen molar-refractivity contribution >= 4 is 11.8 Å². The molecule has 0 spiro atoms. The number of carbonyl (C=O) groups is 2. The Bertz CT molecular complexity index is 261. The van der Waals surface area contributed by atoms with Crippen molar-refractivity contribution in [3.05, 3.63) is 0 Å². The molecule has 2 aliphatic heterocycles. The summed E-state index contributed by atoms with van der Waals surface area (Å²) in [7, 11) is 0. The average Bonchev–Trinajstić information content (AvgIpc) is 2.67. The minimum Gasteiger partial charge on any atom is -0.354 e. The summed E-state index contributed by atoms with van der Waals surface area (Å²) >= 11 is 0. The molecule has 0 radical (unpaired) electrons. The summed E-state index contributed by atoms with van der Waals surface area (Å²) < 4.78 is 0. The normalized spacial score (nSPS) is 27.3. The molecule has 0 aromatic rings. The lowest BCUT2D eigenvalue weighted by atomic mass is 10.2. The fourth-order valence-corrected chi connectivity index (χ4v) is 2.10. The van der Waals surface area contributed by atoms with Gasteiger partial charge in [0.05, 0.1) is 6.04 Å². The van der Waals surface area contributed by atoms with Gasteiger partial charge in [-0.2, -0.15) is 0 Å². The van der Waals surface area contributed by atoms with Crippen LogP contribution < -0.4 is 10.6 Å². The first-order valence-corrected chi connectivity index (χ1v) is 5.56. The standard InChI is InChI=1S/C10H17N3O2/c14-9-3-6-13(7-5-12-9)10(15)8-2-1-4-11-8/h8,11H,1-7H2,(H,12,14)/t8-/m0/s1. The first kappa shape index (κ1) is 10.4. The lowest BCUT2D eigenvalue weighted by molar-refractivity contribution is -0.132. The van der Waals surface area contributed by atoms with Crippen LogP contribution in [0.25, 0.3) is 0 Å². The minimum absolute atomic E-state index is 0.0156. The monoisotopic (exact) mass is 211 g/mol. The summed E-state index contributed by atoms with van der Waals surface area (Å²) in [5.41, 5.74) is 0. The molecule has 2 rings (SSSR count). The minimum atomic E-state index is -0.0156. The van der Waals surface area contributed by atoms with Crippen molar-refractivity contribution in [1.82, 2.24) is 15.5 Å². The Morgan fingerprint density at radius 2 is 2.20 bits per heavy atom. The van der Waals surface area contributed by atoms with Crippen molar-refractivity contribution in [3.8, 4) is 0 Å². The van der Waals surface area contributed by atoms with Crippen molar-refractivity contribution in [2.75, 3.05) is 26.2 Å². The molecule has 2 saturated heterocycles. The van der Waals surface area contributed by atoms with E-state index in [4.69, 9.17) is 0 Å². The summed E-state index contributed by atoms with van der Waals surface area (Å²) in [6.45, 7) is 2.71. The Balaban J connectivity index is 1.91. The van der Waals surface area contributed by atoms with Crippen LogP contribution in [0, 0.1) is 0 Å². The molecule has 2 heterocycles. The predicted molar refractivity (Wildman–Crippen MR) is 55.2 cm³/mol. The first-order valence-electron chi connectivity index (χ1n) is 5.56. The van der Waals surface area contributed by atoms with E-state index in [0.29, 0.717) is 26.1 Å². The number of rotatable bonds is 1. The van der Waals surface area contributed by atoms with E-state index in [2.05, 4.69) is 10.6 Å². The number of hydrogen-bond donors (Lipinski definition) is 2. The summed E-state index contributed by atoms with van der Waals surface area (Å²) in [6.07, 6.45) is 2.43. The maximum Gasteiger partial charge on any atom is 0.239 e. The highest BCUT2D eigenvalue weighted by Gasteiger charge is 2.27. The fraction of sp³-hybridized carbons (Fsp3) is 0.800. The lowest BCUT2D eigenvalue weighted by Gasteiger charge is -2.23. The zero-order valence-corrected chi connectivity index (χ0v) is 8.79. The van der Waals surface area contributed by atoms with E-state index in [9.17, 15) is 9.59 Å². The molecule has 84 valence electrons. The number of nitrogens with one attached hydrogen (secondary N) is 2. The van der Waals surface area contributed by atoms with Crippen molar-refractivity contribution in [2.24, 2.45) is 0 Å². The van der Waals surface area contributed by atoms with Gasteiger partial charge < -0.3 is 15.5 Å². The molecule has 0 bridgehead atoms. The van der Waals surface area contributed by atoms with Gasteiger partial charge in [-0.3, -0.25) is 9.59 Å². The molecule has 0 unspecified atom stereocenters. The van der Waals surface area contributed by atoms with Gasteiger partial charge in [-0.1, -0.05) is 0 Å². The molecular weight excluding hydrogens is 194 g/mol. The smallest absolute Gasteiger partial charge is 0.239 e. The Morgan fingerprint density at radius 1 is 1.33 bits per heavy atom. The Labute approximate surface area is 89.2 Å². The van der Waals surface area contributed by atoms with Gasteiger partial charge in [-0.15, -0.1) is 0 Å². The third-order valence-corrected chi connectivity index (χ3v) is 2.98. The molecule has 1 atom stereocenters. The highest BCUT2D eigenvalue weighted by Crippen LogP contribution is 2.09. The molecule has 0 aliphatic carbocycles. The highest BCUT2D eigenvalue weighted by molar-refractivity contribution is 5.83. The van der Waals surface area contributed by atoms with E-state index < -0.39 is 0 Å². The molecule has 15 heavy (non-hydrogen) atoms. The van der Waals surface area contributed by atoms with Gasteiger partial charge in [0.25, 0.3) is 0 Å². The molecule has 2 fully saturated rings. The molecule has 5 heteroatoms. The van der Waals surface area contributed by atoms with Crippen LogP contribution in [0.3, 0.4) is 0 Å². The van der Waals surface area contributed by atoms with E-state index in [1.807, 2.05) is 0 Å². The summed E-state index contributed by atoms with van der Waals surface area (Å²) in [6, 6.07) is -0.0156. The largest absolute Gasteiger partial charge is 0.354 e. The molecule has 2 aliphatic rings. The van der Waals surface area contributed by atoms with Crippen LogP contribution in [0.2, 0.25) is 0 Å². The molecular formula is C10H17N3O2. The van der Waals surface area contributed by atoms with E-state index >= 15 is 0 Å². The second kappa shape index (κ2) is 4.61. The fourth-order valence-electron chi connectivity index (χ4n) is 2.10. The van der Waals surface area contributed by atoms with Crippen LogP contribution in [-0.2, 0) is 9.59 Å². The van der Waals surface area contributed by atoms with Gasteiger partial charge in [0.15, 0.2) is 0 Å². The molecule has 5 nitrogen and oxygen atoms in total. The van der Waals surface area contributed by atoms with Crippen LogP contribution in [0.15, 0.2) is 0 Å². The molecule has 0 aromatic carbocycles. The number of amides is 2. The van der Waals surface area contributed by atoms with E-state index in [1.165, 1.54) is 0 Å². The van der Waals surface area contributed by atoms with Gasteiger partial charge in [-0.25, -0.2) is 0 Å². The van der Waals surface area contributed by atoms with Gasteiger partial charge in [0.1, 0.15) is 0 Å².